The number of ether oxygens (including phenoxy) is 1. The van der Waals surface area contributed by atoms with Crippen molar-refractivity contribution in [3.63, 3.8) is 0 Å². The fourth-order valence-electron chi connectivity index (χ4n) is 6.42. The molecule has 0 aliphatic carbocycles. The zero-order valence-electron chi connectivity index (χ0n) is 38.3. The van der Waals surface area contributed by atoms with E-state index in [1.165, 1.54) is 38.5 Å². The van der Waals surface area contributed by atoms with Gasteiger partial charge in [-0.15, -0.1) is 0 Å². The molecule has 0 aromatic heterocycles. The second-order valence-electron chi connectivity index (χ2n) is 15.6. The Kier molecular flexibility index (Phi) is 44.6. The summed E-state index contributed by atoms with van der Waals surface area (Å²) in [7, 11) is 0. The van der Waals surface area contributed by atoms with Gasteiger partial charge in [-0.3, -0.25) is 14.4 Å². The first-order chi connectivity index (χ1) is 29.5. The summed E-state index contributed by atoms with van der Waals surface area (Å²) in [5.41, 5.74) is 0. The van der Waals surface area contributed by atoms with Crippen LogP contribution < -0.4 is 5.32 Å². The van der Waals surface area contributed by atoms with Crippen molar-refractivity contribution in [3.8, 4) is 0 Å². The lowest BCUT2D eigenvalue weighted by molar-refractivity contribution is -0.150. The minimum absolute atomic E-state index is 0.0365. The lowest BCUT2D eigenvalue weighted by atomic mass is 10.0. The summed E-state index contributed by atoms with van der Waals surface area (Å²) < 4.78 is 6.01. The van der Waals surface area contributed by atoms with Crippen LogP contribution in [0.25, 0.3) is 0 Å². The predicted molar refractivity (Wildman–Crippen MR) is 258 cm³/mol. The van der Waals surface area contributed by atoms with Gasteiger partial charge in [0.25, 0.3) is 0 Å². The Morgan fingerprint density at radius 3 is 1.30 bits per heavy atom. The van der Waals surface area contributed by atoms with Crippen LogP contribution >= 0.6 is 0 Å². The number of carbonyl (C=O) groups excluding carboxylic acids is 2. The van der Waals surface area contributed by atoms with E-state index >= 15 is 0 Å². The van der Waals surface area contributed by atoms with E-state index in [-0.39, 0.29) is 24.5 Å². The minimum atomic E-state index is -1.03. The number of carboxylic acid groups (broad SMARTS) is 1. The summed E-state index contributed by atoms with van der Waals surface area (Å²) in [6, 6.07) is 0. The fraction of sp³-hybridized carbons (Fsp3) is 0.611. The van der Waals surface area contributed by atoms with Crippen LogP contribution in [0.4, 0.5) is 0 Å². The van der Waals surface area contributed by atoms with Gasteiger partial charge in [0.15, 0.2) is 0 Å². The number of aliphatic carboxylic acids is 1. The molecular formula is C54H87NO5. The number of nitrogens with one attached hydrogen (secondary N) is 1. The number of rotatable bonds is 42. The highest BCUT2D eigenvalue weighted by Gasteiger charge is 2.14. The number of esters is 1. The van der Waals surface area contributed by atoms with Crippen LogP contribution in [-0.2, 0) is 19.1 Å². The van der Waals surface area contributed by atoms with E-state index in [1.807, 2.05) is 0 Å². The van der Waals surface area contributed by atoms with Crippen LogP contribution in [-0.4, -0.2) is 35.6 Å². The average molecular weight is 830 g/mol. The van der Waals surface area contributed by atoms with E-state index in [4.69, 9.17) is 9.84 Å². The van der Waals surface area contributed by atoms with Gasteiger partial charge in [0.1, 0.15) is 12.6 Å². The van der Waals surface area contributed by atoms with Crippen molar-refractivity contribution in [2.24, 2.45) is 0 Å². The van der Waals surface area contributed by atoms with Crippen molar-refractivity contribution in [2.45, 2.75) is 206 Å². The normalized spacial score (nSPS) is 13.1. The maximum atomic E-state index is 12.8. The van der Waals surface area contributed by atoms with Gasteiger partial charge in [-0.25, -0.2) is 0 Å². The van der Waals surface area contributed by atoms with Gasteiger partial charge in [0.05, 0.1) is 0 Å². The molecule has 0 aromatic carbocycles. The highest BCUT2D eigenvalue weighted by Crippen LogP contribution is 2.18. The lowest BCUT2D eigenvalue weighted by Crippen LogP contribution is -2.28. The molecule has 6 heteroatoms. The summed E-state index contributed by atoms with van der Waals surface area (Å²) in [6.45, 7) is 4.09. The monoisotopic (exact) mass is 830 g/mol. The van der Waals surface area contributed by atoms with Crippen LogP contribution in [0.15, 0.2) is 109 Å². The summed E-state index contributed by atoms with van der Waals surface area (Å²) in [5, 5.41) is 11.1. The van der Waals surface area contributed by atoms with E-state index in [9.17, 15) is 14.4 Å². The Hall–Kier alpha value is -3.93. The molecule has 0 rings (SSSR count). The Labute approximate surface area is 368 Å². The Morgan fingerprint density at radius 2 is 0.833 bits per heavy atom. The number of carboxylic acids is 1. The third-order valence-corrected chi connectivity index (χ3v) is 9.93. The van der Waals surface area contributed by atoms with Crippen molar-refractivity contribution in [1.82, 2.24) is 5.32 Å². The van der Waals surface area contributed by atoms with Crippen LogP contribution in [0, 0.1) is 0 Å². The van der Waals surface area contributed by atoms with E-state index in [0.29, 0.717) is 12.8 Å². The number of carbonyl (C=O) groups is 3. The summed E-state index contributed by atoms with van der Waals surface area (Å²) in [5.74, 6) is -1.32. The molecule has 338 valence electrons. The van der Waals surface area contributed by atoms with Crippen LogP contribution in [0.3, 0.4) is 0 Å². The quantitative estimate of drug-likeness (QED) is 0.0363. The molecule has 0 spiro atoms. The van der Waals surface area contributed by atoms with Crippen LogP contribution in [0.2, 0.25) is 0 Å². The summed E-state index contributed by atoms with van der Waals surface area (Å²) >= 11 is 0. The standard InChI is InChI=1S/C54H87NO5/c1-3-5-7-9-11-13-15-17-19-20-21-22-23-24-25-26-28-30-32-34-36-41-45-49-54(59)60-51(47-43-39-37-40-44-48-52(56)55-50-53(57)58)46-42-38-35-33-31-29-27-18-16-14-12-10-8-6-4-2/h5,7,11,13,16-19,21-22,24-25,28-31,34,36,51H,3-4,6,8-10,12,14-15,20,23,26-27,32-33,35,37-50H2,1-2H3,(H,55,56)(H,57,58)/b7-5-,13-11-,18-16-,19-17-,22-21-,25-24-,30-28-,31-29-,36-34-. The van der Waals surface area contributed by atoms with Gasteiger partial charge < -0.3 is 15.2 Å². The van der Waals surface area contributed by atoms with Gasteiger partial charge >= 0.3 is 11.9 Å². The molecule has 0 radical (unpaired) electrons. The second kappa shape index (κ2) is 47.7. The molecule has 6 nitrogen and oxygen atoms in total. The zero-order chi connectivity index (χ0) is 43.7. The van der Waals surface area contributed by atoms with E-state index in [1.54, 1.807) is 0 Å². The van der Waals surface area contributed by atoms with Crippen molar-refractivity contribution in [1.29, 1.82) is 0 Å². The maximum absolute atomic E-state index is 12.8. The smallest absolute Gasteiger partial charge is 0.322 e. The number of amides is 1. The third kappa shape index (κ3) is 46.8. The van der Waals surface area contributed by atoms with Crippen molar-refractivity contribution in [3.05, 3.63) is 109 Å². The first kappa shape index (κ1) is 56.1. The maximum Gasteiger partial charge on any atom is 0.322 e. The van der Waals surface area contributed by atoms with Crippen LogP contribution in [0.5, 0.6) is 0 Å². The van der Waals surface area contributed by atoms with Gasteiger partial charge in [-0.05, 0) is 122 Å². The predicted octanol–water partition coefficient (Wildman–Crippen LogP) is 15.5. The fourth-order valence-corrected chi connectivity index (χ4v) is 6.42. The Morgan fingerprint density at radius 1 is 0.450 bits per heavy atom. The molecule has 0 bridgehead atoms. The largest absolute Gasteiger partial charge is 0.480 e. The highest BCUT2D eigenvalue weighted by molar-refractivity contribution is 5.80. The SMILES string of the molecule is CC/C=C\C/C=C\C/C=C\C/C=C\C/C=C\C/C=C\C/C=C\CCCC(=O)OC(CCCCC/C=C\C/C=C\CCCCCCC)CCCCCCCC(=O)NCC(=O)O. The highest BCUT2D eigenvalue weighted by atomic mass is 16.5. The average Bonchev–Trinajstić information content (AvgIpc) is 3.24. The zero-order valence-corrected chi connectivity index (χ0v) is 38.3. The molecule has 1 atom stereocenters. The molecule has 0 aliphatic rings. The van der Waals surface area contributed by atoms with Crippen molar-refractivity contribution >= 4 is 17.8 Å². The molecule has 2 N–H and O–H groups in total. The lowest BCUT2D eigenvalue weighted by Gasteiger charge is -2.18. The molecule has 0 aromatic rings. The van der Waals surface area contributed by atoms with E-state index in [2.05, 4.69) is 129 Å². The minimum Gasteiger partial charge on any atom is -0.480 e. The molecule has 0 heterocycles. The molecule has 0 saturated carbocycles. The number of hydrogen-bond acceptors (Lipinski definition) is 4. The molecule has 0 aliphatic heterocycles. The van der Waals surface area contributed by atoms with E-state index < -0.39 is 5.97 Å². The van der Waals surface area contributed by atoms with Crippen molar-refractivity contribution in [2.75, 3.05) is 6.54 Å². The van der Waals surface area contributed by atoms with Gasteiger partial charge in [0, 0.05) is 12.8 Å². The molecule has 1 amide bonds. The third-order valence-electron chi connectivity index (χ3n) is 9.93. The Bertz CT molecular complexity index is 1280. The van der Waals surface area contributed by atoms with Gasteiger partial charge in [0.2, 0.25) is 5.91 Å². The second-order valence-corrected chi connectivity index (χ2v) is 15.6. The number of allylic oxidation sites excluding steroid dienone is 18. The number of hydrogen-bond donors (Lipinski definition) is 2. The van der Waals surface area contributed by atoms with Crippen LogP contribution in [0.1, 0.15) is 200 Å². The molecule has 1 unspecified atom stereocenters. The Balaban J connectivity index is 4.34. The number of unbranched alkanes of at least 4 members (excludes halogenated alkanes) is 13. The van der Waals surface area contributed by atoms with Gasteiger partial charge in [-0.1, -0.05) is 175 Å². The molecule has 0 saturated heterocycles. The van der Waals surface area contributed by atoms with E-state index in [0.717, 1.165) is 135 Å². The van der Waals surface area contributed by atoms with Gasteiger partial charge in [-0.2, -0.15) is 0 Å². The molecule has 60 heavy (non-hydrogen) atoms. The topological polar surface area (TPSA) is 92.7 Å². The summed E-state index contributed by atoms with van der Waals surface area (Å²) in [4.78, 5) is 35.1. The summed E-state index contributed by atoms with van der Waals surface area (Å²) in [6.07, 6.45) is 69.3. The first-order valence-corrected chi connectivity index (χ1v) is 24.0. The first-order valence-electron chi connectivity index (χ1n) is 24.0. The van der Waals surface area contributed by atoms with Crippen molar-refractivity contribution < 1.29 is 24.2 Å². The molecular weight excluding hydrogens is 743 g/mol. The molecule has 0 fully saturated rings.